The van der Waals surface area contributed by atoms with E-state index in [1.807, 2.05) is 6.08 Å². The molecule has 83 heavy (non-hydrogen) atoms. The highest BCUT2D eigenvalue weighted by Gasteiger charge is 2.18. The second-order valence-electron chi connectivity index (χ2n) is 26.0. The molecular formula is C77H147NO5. The van der Waals surface area contributed by atoms with Gasteiger partial charge in [0.25, 0.3) is 0 Å². The summed E-state index contributed by atoms with van der Waals surface area (Å²) in [5.74, 6) is -0.0418. The van der Waals surface area contributed by atoms with E-state index in [0.717, 1.165) is 44.9 Å². The van der Waals surface area contributed by atoms with Crippen LogP contribution >= 0.6 is 0 Å². The Morgan fingerprint density at radius 1 is 0.337 bits per heavy atom. The predicted molar refractivity (Wildman–Crippen MR) is 366 cm³/mol. The van der Waals surface area contributed by atoms with Gasteiger partial charge in [0.1, 0.15) is 0 Å². The van der Waals surface area contributed by atoms with Crippen LogP contribution in [0.5, 0.6) is 0 Å². The fraction of sp³-hybridized carbons (Fsp3) is 0.896. The normalized spacial score (nSPS) is 12.7. The van der Waals surface area contributed by atoms with Gasteiger partial charge in [-0.2, -0.15) is 0 Å². The fourth-order valence-corrected chi connectivity index (χ4v) is 11.9. The molecule has 0 saturated carbocycles. The third kappa shape index (κ3) is 69.1. The first-order valence-corrected chi connectivity index (χ1v) is 37.8. The first-order chi connectivity index (χ1) is 41.0. The monoisotopic (exact) mass is 1170 g/mol. The number of esters is 1. The van der Waals surface area contributed by atoms with E-state index < -0.39 is 12.1 Å². The Bertz CT molecular complexity index is 1340. The lowest BCUT2D eigenvalue weighted by Gasteiger charge is -2.20. The molecule has 2 unspecified atom stereocenters. The summed E-state index contributed by atoms with van der Waals surface area (Å²) in [6.07, 6.45) is 94.0. The molecule has 0 aromatic carbocycles. The number of aliphatic hydroxyl groups is 2. The van der Waals surface area contributed by atoms with Gasteiger partial charge in [0.05, 0.1) is 25.4 Å². The molecule has 0 aliphatic heterocycles. The summed E-state index contributed by atoms with van der Waals surface area (Å²) >= 11 is 0. The van der Waals surface area contributed by atoms with Gasteiger partial charge in [-0.25, -0.2) is 0 Å². The molecule has 2 atom stereocenters. The number of carbonyl (C=O) groups is 2. The third-order valence-corrected chi connectivity index (χ3v) is 17.7. The Kier molecular flexibility index (Phi) is 70.9. The fourth-order valence-electron chi connectivity index (χ4n) is 11.9. The molecule has 0 aromatic rings. The quantitative estimate of drug-likeness (QED) is 0.0320. The van der Waals surface area contributed by atoms with Gasteiger partial charge in [0.2, 0.25) is 5.91 Å². The Hall–Kier alpha value is -1.92. The molecule has 490 valence electrons. The molecule has 0 radical (unpaired) electrons. The van der Waals surface area contributed by atoms with Crippen LogP contribution in [0.4, 0.5) is 0 Å². The number of allylic oxidation sites excluding steroid dienone is 5. The molecular weight excluding hydrogens is 1020 g/mol. The van der Waals surface area contributed by atoms with Crippen molar-refractivity contribution in [2.75, 3.05) is 13.2 Å². The number of hydrogen-bond donors (Lipinski definition) is 3. The van der Waals surface area contributed by atoms with Crippen LogP contribution in [0.25, 0.3) is 0 Å². The Morgan fingerprint density at radius 3 is 0.916 bits per heavy atom. The van der Waals surface area contributed by atoms with E-state index in [0.29, 0.717) is 19.4 Å². The van der Waals surface area contributed by atoms with Crippen LogP contribution in [0.2, 0.25) is 0 Å². The SMILES string of the molecule is CCCCCCCCCCCCCCCC/C=C/C(O)C(CO)NC(=O)CCCCCCCCCCCCCCCCCCC/C=C\C/C=C\CCCCCCCCCCCCCCCOC(=O)CCCCCCCCCCCCCCC. The van der Waals surface area contributed by atoms with Crippen LogP contribution in [-0.4, -0.2) is 47.4 Å². The van der Waals surface area contributed by atoms with Crippen molar-refractivity contribution in [3.05, 3.63) is 36.5 Å². The minimum absolute atomic E-state index is 0.0206. The first kappa shape index (κ1) is 81.1. The van der Waals surface area contributed by atoms with Crippen LogP contribution in [0, 0.1) is 0 Å². The first-order valence-electron chi connectivity index (χ1n) is 37.8. The lowest BCUT2D eigenvalue weighted by Crippen LogP contribution is -2.45. The third-order valence-electron chi connectivity index (χ3n) is 17.7. The minimum Gasteiger partial charge on any atom is -0.466 e. The lowest BCUT2D eigenvalue weighted by atomic mass is 10.0. The van der Waals surface area contributed by atoms with E-state index in [1.165, 1.54) is 347 Å². The number of nitrogens with one attached hydrogen (secondary N) is 1. The van der Waals surface area contributed by atoms with Crippen molar-refractivity contribution in [2.45, 2.75) is 431 Å². The van der Waals surface area contributed by atoms with Crippen molar-refractivity contribution in [3.8, 4) is 0 Å². The van der Waals surface area contributed by atoms with E-state index in [4.69, 9.17) is 4.74 Å². The molecule has 0 rings (SSSR count). The van der Waals surface area contributed by atoms with E-state index >= 15 is 0 Å². The highest BCUT2D eigenvalue weighted by Crippen LogP contribution is 2.19. The van der Waals surface area contributed by atoms with Crippen LogP contribution in [0.15, 0.2) is 36.5 Å². The topological polar surface area (TPSA) is 95.9 Å². The van der Waals surface area contributed by atoms with Crippen molar-refractivity contribution in [3.63, 3.8) is 0 Å². The number of unbranched alkanes of at least 4 members (excludes halogenated alkanes) is 56. The molecule has 0 aliphatic carbocycles. The molecule has 6 heteroatoms. The molecule has 0 heterocycles. The number of rotatable bonds is 71. The maximum atomic E-state index is 12.5. The Morgan fingerprint density at radius 2 is 0.602 bits per heavy atom. The van der Waals surface area contributed by atoms with Gasteiger partial charge in [-0.05, 0) is 64.2 Å². The average molecular weight is 1170 g/mol. The van der Waals surface area contributed by atoms with Gasteiger partial charge in [-0.1, -0.05) is 378 Å². The van der Waals surface area contributed by atoms with E-state index in [-0.39, 0.29) is 18.5 Å². The Labute approximate surface area is 519 Å². The van der Waals surface area contributed by atoms with Gasteiger partial charge in [-0.3, -0.25) is 9.59 Å². The summed E-state index contributed by atoms with van der Waals surface area (Å²) in [7, 11) is 0. The average Bonchev–Trinajstić information content (AvgIpc) is 3.49. The Balaban J connectivity index is 3.37. The van der Waals surface area contributed by atoms with Crippen LogP contribution in [0.1, 0.15) is 418 Å². The highest BCUT2D eigenvalue weighted by molar-refractivity contribution is 5.76. The van der Waals surface area contributed by atoms with Crippen molar-refractivity contribution in [1.82, 2.24) is 5.32 Å². The number of amides is 1. The predicted octanol–water partition coefficient (Wildman–Crippen LogP) is 24.7. The van der Waals surface area contributed by atoms with Crippen LogP contribution < -0.4 is 5.32 Å². The molecule has 0 aliphatic rings. The molecule has 0 fully saturated rings. The van der Waals surface area contributed by atoms with E-state index in [9.17, 15) is 19.8 Å². The summed E-state index contributed by atoms with van der Waals surface area (Å²) in [5.41, 5.74) is 0. The number of carbonyl (C=O) groups excluding carboxylic acids is 2. The van der Waals surface area contributed by atoms with E-state index in [1.54, 1.807) is 6.08 Å². The van der Waals surface area contributed by atoms with Gasteiger partial charge in [0.15, 0.2) is 0 Å². The van der Waals surface area contributed by atoms with Gasteiger partial charge in [0, 0.05) is 12.8 Å². The molecule has 1 amide bonds. The number of aliphatic hydroxyl groups excluding tert-OH is 2. The zero-order valence-corrected chi connectivity index (χ0v) is 56.2. The maximum Gasteiger partial charge on any atom is 0.305 e. The second-order valence-corrected chi connectivity index (χ2v) is 26.0. The maximum absolute atomic E-state index is 12.5. The highest BCUT2D eigenvalue weighted by atomic mass is 16.5. The number of hydrogen-bond acceptors (Lipinski definition) is 5. The molecule has 3 N–H and O–H groups in total. The molecule has 6 nitrogen and oxygen atoms in total. The largest absolute Gasteiger partial charge is 0.466 e. The smallest absolute Gasteiger partial charge is 0.305 e. The molecule has 0 saturated heterocycles. The number of ether oxygens (including phenoxy) is 1. The zero-order valence-electron chi connectivity index (χ0n) is 56.2. The van der Waals surface area contributed by atoms with Gasteiger partial charge >= 0.3 is 5.97 Å². The summed E-state index contributed by atoms with van der Waals surface area (Å²) < 4.78 is 5.49. The van der Waals surface area contributed by atoms with Crippen LogP contribution in [0.3, 0.4) is 0 Å². The standard InChI is InChI=1S/C77H147NO5/c1-3-5-7-9-11-13-15-17-18-42-46-49-53-57-61-65-69-75(80)74(73-79)78-76(81)70-66-62-58-54-50-47-43-40-38-36-34-32-30-28-26-24-22-20-19-21-23-25-27-29-31-33-35-37-39-41-44-48-52-56-60-64-68-72-83-77(82)71-67-63-59-55-51-45-16-14-12-10-8-6-4-2/h19,21,25,27,65,69,74-75,79-80H,3-18,20,22-24,26,28-64,66-68,70-73H2,1-2H3,(H,78,81)/b21-19-,27-25-,69-65+. The minimum atomic E-state index is -0.843. The van der Waals surface area contributed by atoms with Crippen molar-refractivity contribution in [1.29, 1.82) is 0 Å². The summed E-state index contributed by atoms with van der Waals surface area (Å²) in [5, 5.41) is 23.2. The van der Waals surface area contributed by atoms with Crippen molar-refractivity contribution in [2.24, 2.45) is 0 Å². The van der Waals surface area contributed by atoms with Gasteiger partial charge in [-0.15, -0.1) is 0 Å². The second kappa shape index (κ2) is 72.6. The van der Waals surface area contributed by atoms with Crippen LogP contribution in [-0.2, 0) is 14.3 Å². The summed E-state index contributed by atoms with van der Waals surface area (Å²) in [6.45, 7) is 4.94. The van der Waals surface area contributed by atoms with Crippen molar-refractivity contribution >= 4 is 11.9 Å². The molecule has 0 aromatic heterocycles. The molecule has 0 bridgehead atoms. The van der Waals surface area contributed by atoms with Crippen molar-refractivity contribution < 1.29 is 24.5 Å². The summed E-state index contributed by atoms with van der Waals surface area (Å²) in [4.78, 5) is 24.6. The lowest BCUT2D eigenvalue weighted by molar-refractivity contribution is -0.143. The zero-order chi connectivity index (χ0) is 59.9. The summed E-state index contributed by atoms with van der Waals surface area (Å²) in [6, 6.07) is -0.626. The molecule has 0 spiro atoms. The van der Waals surface area contributed by atoms with Gasteiger partial charge < -0.3 is 20.3 Å². The van der Waals surface area contributed by atoms with E-state index in [2.05, 4.69) is 43.5 Å².